The summed E-state index contributed by atoms with van der Waals surface area (Å²) < 4.78 is 92.5. The third-order valence-corrected chi connectivity index (χ3v) is 11.7. The molecule has 356 valence electrons. The molecular formula is C48H46F6N8O6. The second-order valence-corrected chi connectivity index (χ2v) is 17.1. The molecule has 0 aliphatic carbocycles. The quantitative estimate of drug-likeness (QED) is 0.0616. The maximum absolute atomic E-state index is 14.5. The second kappa shape index (κ2) is 18.8. The highest BCUT2D eigenvalue weighted by molar-refractivity contribution is 5.88. The van der Waals surface area contributed by atoms with Crippen LogP contribution in [0.25, 0.3) is 21.8 Å². The number of alkyl halides is 6. The van der Waals surface area contributed by atoms with Crippen LogP contribution in [0, 0.1) is 20.2 Å². The average Bonchev–Trinajstić information content (AvgIpc) is 4.10. The Bertz CT molecular complexity index is 2860. The molecule has 0 aliphatic rings. The molecule has 4 heterocycles. The van der Waals surface area contributed by atoms with Gasteiger partial charge in [0.25, 0.3) is 11.4 Å². The minimum Gasteiger partial charge on any atom is -0.375 e. The molecule has 2 unspecified atom stereocenters. The van der Waals surface area contributed by atoms with Crippen molar-refractivity contribution in [3.63, 3.8) is 0 Å². The number of aliphatic hydroxyl groups is 2. The predicted molar refractivity (Wildman–Crippen MR) is 241 cm³/mol. The summed E-state index contributed by atoms with van der Waals surface area (Å²) in [6.45, 7) is 5.96. The molecule has 0 saturated heterocycles. The highest BCUT2D eigenvalue weighted by Crippen LogP contribution is 2.46. The summed E-state index contributed by atoms with van der Waals surface area (Å²) in [5.74, 6) is 0.502. The number of hydrogen-bond donors (Lipinski definition) is 2. The first-order valence-electron chi connectivity index (χ1n) is 21.3. The first kappa shape index (κ1) is 48.6. The van der Waals surface area contributed by atoms with Gasteiger partial charge in [0, 0.05) is 108 Å². The van der Waals surface area contributed by atoms with Gasteiger partial charge < -0.3 is 28.5 Å². The van der Waals surface area contributed by atoms with Crippen LogP contribution in [-0.2, 0) is 37.4 Å². The average molecular weight is 945 g/mol. The Morgan fingerprint density at radius 2 is 0.912 bits per heavy atom. The van der Waals surface area contributed by atoms with E-state index in [4.69, 9.17) is 0 Å². The lowest BCUT2D eigenvalue weighted by atomic mass is 9.92. The second-order valence-electron chi connectivity index (χ2n) is 17.1. The first-order chi connectivity index (χ1) is 32.0. The number of benzene rings is 4. The van der Waals surface area contributed by atoms with Crippen molar-refractivity contribution in [1.82, 2.24) is 28.2 Å². The van der Waals surface area contributed by atoms with Crippen molar-refractivity contribution in [3.8, 4) is 0 Å². The fourth-order valence-electron chi connectivity index (χ4n) is 8.33. The molecular weight excluding hydrogens is 899 g/mol. The van der Waals surface area contributed by atoms with Crippen LogP contribution < -0.4 is 0 Å². The zero-order valence-electron chi connectivity index (χ0n) is 37.1. The highest BCUT2D eigenvalue weighted by atomic mass is 19.4. The molecule has 8 rings (SSSR count). The molecule has 14 nitrogen and oxygen atoms in total. The summed E-state index contributed by atoms with van der Waals surface area (Å²) in [5.41, 5.74) is -5.71. The molecule has 2 N–H and O–H groups in total. The molecule has 0 spiro atoms. The van der Waals surface area contributed by atoms with Crippen molar-refractivity contribution < 1.29 is 46.4 Å². The number of non-ortho nitro benzene ring substituents is 2. The molecule has 0 fully saturated rings. The van der Waals surface area contributed by atoms with Gasteiger partial charge in [0.15, 0.2) is 0 Å². The molecule has 0 radical (unpaired) electrons. The van der Waals surface area contributed by atoms with E-state index in [-0.39, 0.29) is 69.2 Å². The summed E-state index contributed by atoms with van der Waals surface area (Å²) >= 11 is 0. The number of aromatic nitrogens is 6. The van der Waals surface area contributed by atoms with Crippen LogP contribution in [-0.4, -0.2) is 60.6 Å². The molecule has 0 aliphatic heterocycles. The molecule has 4 aromatic carbocycles. The molecule has 2 atom stereocenters. The topological polar surface area (TPSA) is 172 Å². The zero-order valence-corrected chi connectivity index (χ0v) is 37.1. The Labute approximate surface area is 384 Å². The predicted octanol–water partition coefficient (Wildman–Crippen LogP) is 10.7. The standard InChI is InChI=1S/2C24H23F3N4O3/c2*1-16(2)22-28-10-11-29(22)15-23(32,24(25,26)27)20-14-30(13-17-6-4-3-5-7-17)21-12-18(31(33)34)8-9-19(20)21/h2*3-12,14,16,32H,13,15H2,1-2H3. The maximum Gasteiger partial charge on any atom is 0.423 e. The van der Waals surface area contributed by atoms with E-state index >= 15 is 0 Å². The Kier molecular flexibility index (Phi) is 13.4. The van der Waals surface area contributed by atoms with Gasteiger partial charge in [-0.25, -0.2) is 9.97 Å². The van der Waals surface area contributed by atoms with Crippen molar-refractivity contribution in [2.45, 2.75) is 89.3 Å². The normalized spacial score (nSPS) is 14.0. The molecule has 4 aromatic heterocycles. The van der Waals surface area contributed by atoms with Gasteiger partial charge in [0.05, 0.1) is 34.0 Å². The number of nitro groups is 2. The van der Waals surface area contributed by atoms with Gasteiger partial charge in [0.1, 0.15) is 11.6 Å². The van der Waals surface area contributed by atoms with Crippen molar-refractivity contribution in [2.24, 2.45) is 0 Å². The third-order valence-electron chi connectivity index (χ3n) is 11.7. The molecule has 68 heavy (non-hydrogen) atoms. The van der Waals surface area contributed by atoms with Gasteiger partial charge in [-0.2, -0.15) is 26.3 Å². The lowest BCUT2D eigenvalue weighted by Gasteiger charge is -2.31. The molecule has 20 heteroatoms. The molecule has 0 amide bonds. The highest BCUT2D eigenvalue weighted by Gasteiger charge is 2.58. The SMILES string of the molecule is CC(C)c1nccn1CC(O)(c1cn(Cc2ccccc2)c2cc([N+](=O)[O-])ccc12)C(F)(F)F.CC(C)c1nccn1CC(O)(c1cn(Cc2ccccc2)c2cc([N+](=O)[O-])ccc12)C(F)(F)F. The fourth-order valence-corrected chi connectivity index (χ4v) is 8.33. The minimum absolute atomic E-state index is 0.0903. The number of hydrogen-bond acceptors (Lipinski definition) is 8. The minimum atomic E-state index is -5.03. The van der Waals surface area contributed by atoms with Gasteiger partial charge in [-0.1, -0.05) is 88.4 Å². The van der Waals surface area contributed by atoms with E-state index in [1.807, 2.05) is 12.1 Å². The monoisotopic (exact) mass is 944 g/mol. The Hall–Kier alpha value is -7.32. The van der Waals surface area contributed by atoms with E-state index < -0.39 is 46.5 Å². The number of rotatable bonds is 14. The van der Waals surface area contributed by atoms with Crippen LogP contribution in [0.15, 0.2) is 134 Å². The molecule has 0 bridgehead atoms. The fraction of sp³-hybridized carbons (Fsp3) is 0.292. The number of imidazole rings is 2. The molecule has 8 aromatic rings. The maximum atomic E-state index is 14.5. The van der Waals surface area contributed by atoms with Crippen molar-refractivity contribution in [3.05, 3.63) is 188 Å². The van der Waals surface area contributed by atoms with Crippen LogP contribution in [0.4, 0.5) is 37.7 Å². The van der Waals surface area contributed by atoms with Crippen LogP contribution in [0.3, 0.4) is 0 Å². The lowest BCUT2D eigenvalue weighted by Crippen LogP contribution is -2.46. The van der Waals surface area contributed by atoms with Crippen molar-refractivity contribution in [2.75, 3.05) is 0 Å². The van der Waals surface area contributed by atoms with E-state index in [2.05, 4.69) is 9.97 Å². The van der Waals surface area contributed by atoms with Crippen LogP contribution >= 0.6 is 0 Å². The van der Waals surface area contributed by atoms with Crippen LogP contribution in [0.5, 0.6) is 0 Å². The first-order valence-corrected chi connectivity index (χ1v) is 21.3. The zero-order chi connectivity index (χ0) is 49.3. The Morgan fingerprint density at radius 3 is 1.22 bits per heavy atom. The summed E-state index contributed by atoms with van der Waals surface area (Å²) in [6.07, 6.45) is -1.98. The van der Waals surface area contributed by atoms with Gasteiger partial charge in [-0.3, -0.25) is 20.2 Å². The van der Waals surface area contributed by atoms with E-state index in [0.29, 0.717) is 11.6 Å². The number of nitrogens with zero attached hydrogens (tertiary/aromatic N) is 8. The number of nitro benzene ring substituents is 2. The molecule has 0 saturated carbocycles. The van der Waals surface area contributed by atoms with Gasteiger partial charge >= 0.3 is 12.4 Å². The van der Waals surface area contributed by atoms with Gasteiger partial charge in [0.2, 0.25) is 11.2 Å². The number of fused-ring (bicyclic) bond motifs is 2. The summed E-state index contributed by atoms with van der Waals surface area (Å²) in [4.78, 5) is 29.8. The van der Waals surface area contributed by atoms with Crippen molar-refractivity contribution >= 4 is 33.2 Å². The van der Waals surface area contributed by atoms with E-state index in [9.17, 15) is 56.8 Å². The lowest BCUT2D eigenvalue weighted by molar-refractivity contribution is -0.384. The summed E-state index contributed by atoms with van der Waals surface area (Å²) in [5, 5.41) is 45.3. The van der Waals surface area contributed by atoms with Gasteiger partial charge in [-0.15, -0.1) is 0 Å². The van der Waals surface area contributed by atoms with Gasteiger partial charge in [-0.05, 0) is 23.3 Å². The van der Waals surface area contributed by atoms with Crippen LogP contribution in [0.2, 0.25) is 0 Å². The summed E-state index contributed by atoms with van der Waals surface area (Å²) in [6, 6.07) is 25.3. The van der Waals surface area contributed by atoms with E-state index in [1.54, 1.807) is 76.2 Å². The smallest absolute Gasteiger partial charge is 0.375 e. The van der Waals surface area contributed by atoms with E-state index in [0.717, 1.165) is 23.3 Å². The summed E-state index contributed by atoms with van der Waals surface area (Å²) in [7, 11) is 0. The van der Waals surface area contributed by atoms with E-state index in [1.165, 1.54) is 79.7 Å². The Morgan fingerprint density at radius 1 is 0.559 bits per heavy atom. The van der Waals surface area contributed by atoms with Crippen molar-refractivity contribution in [1.29, 1.82) is 0 Å². The third kappa shape index (κ3) is 9.59. The largest absolute Gasteiger partial charge is 0.423 e. The van der Waals surface area contributed by atoms with Crippen LogP contribution in [0.1, 0.15) is 73.4 Å². The Balaban J connectivity index is 0.000000201. The number of halogens is 6.